The number of carbonyl (C=O) groups excluding carboxylic acids is 4. The Hall–Kier alpha value is -3.42. The molecule has 66 heavy (non-hydrogen) atoms. The summed E-state index contributed by atoms with van der Waals surface area (Å²) in [6.45, 7) is 35.1. The topological polar surface area (TPSA) is 166 Å². The Morgan fingerprint density at radius 2 is 1.39 bits per heavy atom. The normalized spacial score (nSPS) is 42.5. The summed E-state index contributed by atoms with van der Waals surface area (Å²) >= 11 is 0. The Morgan fingerprint density at radius 3 is 1.91 bits per heavy atom. The molecule has 8 aliphatic rings. The van der Waals surface area contributed by atoms with Crippen molar-refractivity contribution in [2.75, 3.05) is 6.61 Å². The van der Waals surface area contributed by atoms with Crippen molar-refractivity contribution in [1.82, 2.24) is 0 Å². The molecule has 11 heteroatoms. The summed E-state index contributed by atoms with van der Waals surface area (Å²) < 4.78 is 25.1. The molecule has 1 aliphatic heterocycles. The third-order valence-corrected chi connectivity index (χ3v) is 22.5. The third-order valence-electron chi connectivity index (χ3n) is 22.5. The Labute approximate surface area is 394 Å². The van der Waals surface area contributed by atoms with E-state index in [1.54, 1.807) is 0 Å². The zero-order valence-corrected chi connectivity index (χ0v) is 43.0. The number of cyclic esters (lactones) is 1. The van der Waals surface area contributed by atoms with E-state index in [9.17, 15) is 20.0 Å². The molecule has 0 amide bonds. The number of carbonyl (C=O) groups is 5. The van der Waals surface area contributed by atoms with Gasteiger partial charge in [0.1, 0.15) is 11.7 Å². The largest absolute Gasteiger partial charge is 0.481 e. The van der Waals surface area contributed by atoms with E-state index in [0.717, 1.165) is 38.5 Å². The lowest BCUT2D eigenvalue weighted by Crippen LogP contribution is -2.53. The number of esters is 4. The van der Waals surface area contributed by atoms with Gasteiger partial charge in [0.15, 0.2) is 0 Å². The molecule has 13 atom stereocenters. The van der Waals surface area contributed by atoms with Gasteiger partial charge in [-0.25, -0.2) is 4.79 Å². The van der Waals surface area contributed by atoms with Crippen molar-refractivity contribution in [1.29, 1.82) is 5.26 Å². The van der Waals surface area contributed by atoms with Gasteiger partial charge in [0.2, 0.25) is 6.10 Å². The highest BCUT2D eigenvalue weighted by Gasteiger charge is 2.93. The standard InChI is InChI=1S/C55H81NO10/c1-31-18-17-19-34(22-31)47(9,10)66-43(62)54(44(2,3)4)29-50(54,15)48(11,12)52(41(60)64-36-20-21-63-39(36)57)26-38(52)46(7,8)55(42(61)65-37-25-32-23-33(27-56)35(37)24-32)30-51(55,16)49(13,14)53(40(58)59)28-45(53,5)6/h32-38H,1,17-26,28-30H2,2-16H3,(H,58,59). The van der Waals surface area contributed by atoms with Crippen molar-refractivity contribution >= 4 is 29.8 Å². The molecule has 0 radical (unpaired) electrons. The highest BCUT2D eigenvalue weighted by atomic mass is 16.6. The van der Waals surface area contributed by atoms with Crippen LogP contribution in [0.5, 0.6) is 0 Å². The van der Waals surface area contributed by atoms with Crippen molar-refractivity contribution in [2.24, 2.45) is 89.2 Å². The van der Waals surface area contributed by atoms with E-state index in [2.05, 4.69) is 75.0 Å². The fraction of sp³-hybridized carbons (Fsp3) is 0.855. The van der Waals surface area contributed by atoms with E-state index in [4.69, 9.17) is 18.9 Å². The molecule has 1 N–H and O–H groups in total. The first-order valence-electron chi connectivity index (χ1n) is 25.2. The fourth-order valence-electron chi connectivity index (χ4n) is 17.3. The van der Waals surface area contributed by atoms with Crippen LogP contribution in [-0.4, -0.2) is 59.4 Å². The molecule has 0 aromatic rings. The van der Waals surface area contributed by atoms with E-state index in [0.29, 0.717) is 38.0 Å². The summed E-state index contributed by atoms with van der Waals surface area (Å²) in [6, 6.07) is 2.47. The Balaban J connectivity index is 1.22. The smallest absolute Gasteiger partial charge is 0.347 e. The van der Waals surface area contributed by atoms with Crippen molar-refractivity contribution in [3.8, 4) is 6.07 Å². The van der Waals surface area contributed by atoms with Crippen LogP contribution in [0, 0.1) is 100 Å². The molecule has 1 saturated heterocycles. The van der Waals surface area contributed by atoms with E-state index in [-0.39, 0.29) is 42.7 Å². The molecule has 13 unspecified atom stereocenters. The highest BCUT2D eigenvalue weighted by molar-refractivity contribution is 5.90. The molecule has 0 aromatic carbocycles. The number of nitrogens with zero attached hydrogens (tertiary/aromatic N) is 1. The van der Waals surface area contributed by atoms with Crippen LogP contribution in [0.15, 0.2) is 12.2 Å². The average Bonchev–Trinajstić information content (AvgIpc) is 4.16. The molecular weight excluding hydrogens is 835 g/mol. The molecule has 7 saturated carbocycles. The second-order valence-electron chi connectivity index (χ2n) is 27.4. The number of rotatable bonds is 14. The predicted molar refractivity (Wildman–Crippen MR) is 247 cm³/mol. The van der Waals surface area contributed by atoms with Crippen LogP contribution in [0.4, 0.5) is 0 Å². The predicted octanol–water partition coefficient (Wildman–Crippen LogP) is 10.8. The molecule has 2 bridgehead atoms. The number of hydrogen-bond donors (Lipinski definition) is 1. The third kappa shape index (κ3) is 5.98. The number of allylic oxidation sites excluding steroid dienone is 1. The van der Waals surface area contributed by atoms with E-state index in [1.165, 1.54) is 5.57 Å². The molecule has 0 aromatic heterocycles. The van der Waals surface area contributed by atoms with Crippen LogP contribution in [0.2, 0.25) is 0 Å². The Bertz CT molecular complexity index is 2190. The van der Waals surface area contributed by atoms with Crippen LogP contribution in [0.25, 0.3) is 0 Å². The van der Waals surface area contributed by atoms with Gasteiger partial charge in [0, 0.05) is 18.3 Å². The van der Waals surface area contributed by atoms with Crippen LogP contribution in [0.3, 0.4) is 0 Å². The van der Waals surface area contributed by atoms with Gasteiger partial charge in [0.05, 0.1) is 40.3 Å². The first-order valence-corrected chi connectivity index (χ1v) is 25.2. The molecule has 0 spiro atoms. The molecule has 8 rings (SSSR count). The number of fused-ring (bicyclic) bond motifs is 2. The van der Waals surface area contributed by atoms with Gasteiger partial charge in [-0.15, -0.1) is 0 Å². The van der Waals surface area contributed by atoms with E-state index in [1.807, 2.05) is 41.5 Å². The van der Waals surface area contributed by atoms with Crippen molar-refractivity contribution in [3.63, 3.8) is 0 Å². The maximum absolute atomic E-state index is 15.7. The van der Waals surface area contributed by atoms with E-state index >= 15 is 14.4 Å². The lowest BCUT2D eigenvalue weighted by Gasteiger charge is -2.50. The van der Waals surface area contributed by atoms with Crippen LogP contribution in [-0.2, 0) is 42.9 Å². The number of carboxylic acid groups (broad SMARTS) is 1. The van der Waals surface area contributed by atoms with Gasteiger partial charge in [0.25, 0.3) is 0 Å². The maximum atomic E-state index is 15.7. The van der Waals surface area contributed by atoms with Crippen molar-refractivity contribution in [3.05, 3.63) is 12.2 Å². The lowest BCUT2D eigenvalue weighted by atomic mass is 9.53. The van der Waals surface area contributed by atoms with E-state index < -0.39 is 101 Å². The number of hydrogen-bond acceptors (Lipinski definition) is 10. The minimum Gasteiger partial charge on any atom is -0.481 e. The van der Waals surface area contributed by atoms with Gasteiger partial charge in [-0.2, -0.15) is 5.26 Å². The summed E-state index contributed by atoms with van der Waals surface area (Å²) in [5, 5.41) is 21.2. The second-order valence-corrected chi connectivity index (χ2v) is 27.4. The number of nitriles is 1. The zero-order chi connectivity index (χ0) is 49.2. The number of carboxylic acids is 1. The quantitative estimate of drug-likeness (QED) is 0.100. The maximum Gasteiger partial charge on any atom is 0.347 e. The van der Waals surface area contributed by atoms with Crippen molar-refractivity contribution in [2.45, 2.75) is 199 Å². The van der Waals surface area contributed by atoms with Gasteiger partial charge in [-0.1, -0.05) is 102 Å². The van der Waals surface area contributed by atoms with Gasteiger partial charge >= 0.3 is 29.8 Å². The molecule has 8 fully saturated rings. The minimum absolute atomic E-state index is 0.0584. The molecule has 366 valence electrons. The van der Waals surface area contributed by atoms with Crippen LogP contribution < -0.4 is 0 Å². The zero-order valence-electron chi connectivity index (χ0n) is 43.0. The SMILES string of the molecule is C=C1CCCC(C(C)(C)OC(=O)C2(C(C)(C)C)CC2(C)C(C)(C)C2(C(=O)OC3CCOC3=O)CC2C(C)(C)C2(C(=O)OC3CC4CC(C#N)C3C4)CC2(C)C(C)(C)C2(C(=O)O)CC2(C)C)C1. The fourth-order valence-corrected chi connectivity index (χ4v) is 17.3. The average molecular weight is 916 g/mol. The molecule has 1 heterocycles. The van der Waals surface area contributed by atoms with Crippen LogP contribution >= 0.6 is 0 Å². The molecule has 11 nitrogen and oxygen atoms in total. The first-order chi connectivity index (χ1) is 30.1. The summed E-state index contributed by atoms with van der Waals surface area (Å²) in [4.78, 5) is 73.2. The van der Waals surface area contributed by atoms with Crippen molar-refractivity contribution < 1.29 is 48.0 Å². The molecule has 7 aliphatic carbocycles. The summed E-state index contributed by atoms with van der Waals surface area (Å²) in [7, 11) is 0. The molecular formula is C55H81NO10. The monoisotopic (exact) mass is 916 g/mol. The first kappa shape index (κ1) is 49.0. The summed E-state index contributed by atoms with van der Waals surface area (Å²) in [5.74, 6) is -3.01. The Morgan fingerprint density at radius 1 is 0.788 bits per heavy atom. The Kier molecular flexibility index (Phi) is 10.6. The minimum atomic E-state index is -1.29. The number of ether oxygens (including phenoxy) is 4. The highest BCUT2D eigenvalue weighted by Crippen LogP contribution is 2.92. The van der Waals surface area contributed by atoms with Crippen LogP contribution in [0.1, 0.15) is 181 Å². The van der Waals surface area contributed by atoms with Gasteiger partial charge in [-0.05, 0) is 134 Å². The second kappa shape index (κ2) is 14.3. The summed E-state index contributed by atoms with van der Waals surface area (Å²) in [5.41, 5.74) is -10.0. The van der Waals surface area contributed by atoms with Gasteiger partial charge in [-0.3, -0.25) is 19.2 Å². The van der Waals surface area contributed by atoms with Gasteiger partial charge < -0.3 is 24.1 Å². The number of aliphatic carboxylic acids is 1. The summed E-state index contributed by atoms with van der Waals surface area (Å²) in [6.07, 6.45) is 6.35. The lowest BCUT2D eigenvalue weighted by molar-refractivity contribution is -0.185.